The second kappa shape index (κ2) is 6.75. The van der Waals surface area contributed by atoms with Gasteiger partial charge in [0.05, 0.1) is 10.0 Å². The van der Waals surface area contributed by atoms with Crippen molar-refractivity contribution >= 4 is 45.0 Å². The van der Waals surface area contributed by atoms with Gasteiger partial charge in [-0.05, 0) is 48.5 Å². The number of fused-ring (bicyclic) bond motifs is 2. The molecule has 4 aromatic rings. The fourth-order valence-corrected chi connectivity index (χ4v) is 3.04. The van der Waals surface area contributed by atoms with E-state index in [-0.39, 0.29) is 6.79 Å². The second-order valence-electron chi connectivity index (χ2n) is 5.30. The Kier molecular flexibility index (Phi) is 4.30. The van der Waals surface area contributed by atoms with Crippen LogP contribution in [-0.4, -0.2) is 16.8 Å². The van der Waals surface area contributed by atoms with Crippen LogP contribution in [0, 0.1) is 0 Å². The van der Waals surface area contributed by atoms with Crippen molar-refractivity contribution < 1.29 is 9.47 Å². The van der Waals surface area contributed by atoms with E-state index in [1.807, 2.05) is 24.3 Å². The molecule has 0 N–H and O–H groups in total. The molecular weight excluding hydrogens is 359 g/mol. The molecule has 2 aromatic carbocycles. The number of rotatable bonds is 4. The number of halogens is 2. The van der Waals surface area contributed by atoms with Crippen LogP contribution < -0.4 is 9.47 Å². The summed E-state index contributed by atoms with van der Waals surface area (Å²) in [4.78, 5) is 8.67. The number of aromatic nitrogens is 2. The van der Waals surface area contributed by atoms with Gasteiger partial charge in [0.1, 0.15) is 22.5 Å². The van der Waals surface area contributed by atoms with Gasteiger partial charge in [-0.25, -0.2) is 0 Å². The van der Waals surface area contributed by atoms with Gasteiger partial charge in [0.2, 0.25) is 6.79 Å². The predicted octanol–water partition coefficient (Wildman–Crippen LogP) is 5.51. The smallest absolute Gasteiger partial charge is 0.231 e. The summed E-state index contributed by atoms with van der Waals surface area (Å²) < 4.78 is 11.5. The number of hydrogen-bond donors (Lipinski definition) is 0. The Balaban J connectivity index is 1.58. The fourth-order valence-electron chi connectivity index (χ4n) is 2.61. The molecule has 0 fully saturated rings. The van der Waals surface area contributed by atoms with Crippen LogP contribution in [0.5, 0.6) is 11.5 Å². The maximum absolute atomic E-state index is 6.19. The van der Waals surface area contributed by atoms with Gasteiger partial charge in [-0.2, -0.15) is 0 Å². The van der Waals surface area contributed by atoms with E-state index in [1.165, 1.54) is 0 Å². The molecule has 0 radical (unpaired) electrons. The third-order valence-corrected chi connectivity index (χ3v) is 4.45. The van der Waals surface area contributed by atoms with Gasteiger partial charge in [-0.3, -0.25) is 9.97 Å². The summed E-state index contributed by atoms with van der Waals surface area (Å²) >= 11 is 12.4. The summed E-state index contributed by atoms with van der Waals surface area (Å²) in [6.45, 7) is 0.0145. The van der Waals surface area contributed by atoms with Gasteiger partial charge in [0, 0.05) is 23.2 Å². The lowest BCUT2D eigenvalue weighted by molar-refractivity contribution is 0.122. The van der Waals surface area contributed by atoms with Crippen molar-refractivity contribution in [1.29, 1.82) is 0 Å². The number of benzene rings is 2. The molecule has 124 valence electrons. The van der Waals surface area contributed by atoms with E-state index in [0.29, 0.717) is 32.6 Å². The minimum absolute atomic E-state index is 0.0145. The molecule has 0 bridgehead atoms. The van der Waals surface area contributed by atoms with E-state index in [1.54, 1.807) is 36.7 Å². The highest BCUT2D eigenvalue weighted by Gasteiger charge is 2.09. The zero-order chi connectivity index (χ0) is 17.2. The van der Waals surface area contributed by atoms with Gasteiger partial charge in [0.25, 0.3) is 0 Å². The van der Waals surface area contributed by atoms with Crippen LogP contribution in [0.2, 0.25) is 10.0 Å². The molecule has 0 spiro atoms. The molecule has 6 heteroatoms. The lowest BCUT2D eigenvalue weighted by Crippen LogP contribution is -2.07. The summed E-state index contributed by atoms with van der Waals surface area (Å²) in [7, 11) is 0. The average Bonchev–Trinajstić information content (AvgIpc) is 2.66. The molecule has 0 atom stereocenters. The van der Waals surface area contributed by atoms with Crippen molar-refractivity contribution in [3.63, 3.8) is 0 Å². The van der Waals surface area contributed by atoms with E-state index in [2.05, 4.69) is 9.97 Å². The molecule has 25 heavy (non-hydrogen) atoms. The van der Waals surface area contributed by atoms with Crippen molar-refractivity contribution in [3.8, 4) is 11.5 Å². The van der Waals surface area contributed by atoms with Gasteiger partial charge < -0.3 is 9.47 Å². The standard InChI is InChI=1S/C19H12Cl2N2O2/c20-14-5-7-16(18-12(14)3-1-9-22-18)24-11-25-17-8-6-15(21)13-4-2-10-23-19(13)17/h1-10H,11H2. The van der Waals surface area contributed by atoms with E-state index in [0.717, 1.165) is 10.8 Å². The van der Waals surface area contributed by atoms with Crippen molar-refractivity contribution in [2.45, 2.75) is 0 Å². The highest BCUT2D eigenvalue weighted by atomic mass is 35.5. The van der Waals surface area contributed by atoms with E-state index >= 15 is 0 Å². The van der Waals surface area contributed by atoms with Crippen molar-refractivity contribution in [1.82, 2.24) is 9.97 Å². The molecule has 0 unspecified atom stereocenters. The van der Waals surface area contributed by atoms with Crippen LogP contribution >= 0.6 is 23.2 Å². The average molecular weight is 371 g/mol. The number of pyridine rings is 2. The predicted molar refractivity (Wildman–Crippen MR) is 99.6 cm³/mol. The van der Waals surface area contributed by atoms with Crippen LogP contribution in [0.3, 0.4) is 0 Å². The minimum Gasteiger partial charge on any atom is -0.455 e. The monoisotopic (exact) mass is 370 g/mol. The molecule has 0 saturated heterocycles. The Bertz CT molecular complexity index is 984. The normalized spacial score (nSPS) is 11.0. The number of nitrogens with zero attached hydrogens (tertiary/aromatic N) is 2. The Morgan fingerprint density at radius 1 is 0.680 bits per heavy atom. The van der Waals surface area contributed by atoms with E-state index < -0.39 is 0 Å². The third-order valence-electron chi connectivity index (χ3n) is 3.79. The molecular formula is C19H12Cl2N2O2. The zero-order valence-corrected chi connectivity index (χ0v) is 14.5. The van der Waals surface area contributed by atoms with Crippen LogP contribution in [-0.2, 0) is 0 Å². The molecule has 0 amide bonds. The first-order valence-electron chi connectivity index (χ1n) is 7.56. The topological polar surface area (TPSA) is 44.2 Å². The van der Waals surface area contributed by atoms with Gasteiger partial charge in [-0.15, -0.1) is 0 Å². The second-order valence-corrected chi connectivity index (χ2v) is 6.11. The van der Waals surface area contributed by atoms with Crippen LogP contribution in [0.25, 0.3) is 21.8 Å². The summed E-state index contributed by atoms with van der Waals surface area (Å²) in [5.41, 5.74) is 1.38. The highest BCUT2D eigenvalue weighted by Crippen LogP contribution is 2.31. The lowest BCUT2D eigenvalue weighted by Gasteiger charge is -2.12. The molecule has 2 aromatic heterocycles. The Hall–Kier alpha value is -2.56. The molecule has 4 rings (SSSR count). The first-order chi connectivity index (χ1) is 12.2. The largest absolute Gasteiger partial charge is 0.455 e. The maximum Gasteiger partial charge on any atom is 0.231 e. The Morgan fingerprint density at radius 2 is 1.16 bits per heavy atom. The summed E-state index contributed by atoms with van der Waals surface area (Å²) in [6.07, 6.45) is 3.39. The van der Waals surface area contributed by atoms with E-state index in [9.17, 15) is 0 Å². The number of hydrogen-bond acceptors (Lipinski definition) is 4. The third kappa shape index (κ3) is 3.06. The van der Waals surface area contributed by atoms with Gasteiger partial charge in [-0.1, -0.05) is 23.2 Å². The zero-order valence-electron chi connectivity index (χ0n) is 12.9. The van der Waals surface area contributed by atoms with Crippen molar-refractivity contribution in [2.75, 3.05) is 6.79 Å². The quantitative estimate of drug-likeness (QED) is 0.444. The molecule has 0 aliphatic carbocycles. The van der Waals surface area contributed by atoms with Crippen LogP contribution in [0.15, 0.2) is 60.9 Å². The molecule has 2 heterocycles. The summed E-state index contributed by atoms with van der Waals surface area (Å²) in [6, 6.07) is 14.6. The Labute approximate surface area is 153 Å². The number of ether oxygens (including phenoxy) is 2. The molecule has 0 aliphatic heterocycles. The fraction of sp³-hybridized carbons (Fsp3) is 0.0526. The van der Waals surface area contributed by atoms with Crippen molar-refractivity contribution in [2.24, 2.45) is 0 Å². The molecule has 4 nitrogen and oxygen atoms in total. The lowest BCUT2D eigenvalue weighted by atomic mass is 10.2. The SMILES string of the molecule is Clc1ccc(OCOc2ccc(Cl)c3cccnc23)c2ncccc12. The van der Waals surface area contributed by atoms with Gasteiger partial charge in [0.15, 0.2) is 0 Å². The highest BCUT2D eigenvalue weighted by molar-refractivity contribution is 6.36. The summed E-state index contributed by atoms with van der Waals surface area (Å²) in [5, 5.41) is 2.93. The van der Waals surface area contributed by atoms with E-state index in [4.69, 9.17) is 32.7 Å². The van der Waals surface area contributed by atoms with Gasteiger partial charge >= 0.3 is 0 Å². The van der Waals surface area contributed by atoms with Crippen LogP contribution in [0.4, 0.5) is 0 Å². The Morgan fingerprint density at radius 3 is 1.64 bits per heavy atom. The minimum atomic E-state index is 0.0145. The maximum atomic E-state index is 6.19. The first-order valence-corrected chi connectivity index (χ1v) is 8.32. The van der Waals surface area contributed by atoms with Crippen molar-refractivity contribution in [3.05, 3.63) is 71.0 Å². The first kappa shape index (κ1) is 15.9. The summed E-state index contributed by atoms with van der Waals surface area (Å²) in [5.74, 6) is 1.21. The molecule has 0 aliphatic rings. The molecule has 0 saturated carbocycles. The van der Waals surface area contributed by atoms with Crippen LogP contribution in [0.1, 0.15) is 0 Å².